The summed E-state index contributed by atoms with van der Waals surface area (Å²) in [4.78, 5) is 30.4. The Morgan fingerprint density at radius 2 is 1.88 bits per heavy atom. The number of carbonyl (C=O) groups excluding carboxylic acids is 1. The predicted molar refractivity (Wildman–Crippen MR) is 160 cm³/mol. The van der Waals surface area contributed by atoms with Crippen LogP contribution in [-0.2, 0) is 24.2 Å². The van der Waals surface area contributed by atoms with Gasteiger partial charge in [-0.25, -0.2) is 4.98 Å². The van der Waals surface area contributed by atoms with Crippen LogP contribution in [0.3, 0.4) is 0 Å². The number of aliphatic carboxylic acids is 1. The number of aromatic nitrogens is 1. The van der Waals surface area contributed by atoms with Gasteiger partial charge < -0.3 is 14.7 Å². The minimum atomic E-state index is -0.801. The van der Waals surface area contributed by atoms with E-state index in [-0.39, 0.29) is 23.5 Å². The molecule has 0 aliphatic heterocycles. The van der Waals surface area contributed by atoms with Crippen LogP contribution < -0.4 is 4.74 Å². The van der Waals surface area contributed by atoms with Crippen LogP contribution in [-0.4, -0.2) is 46.7 Å². The summed E-state index contributed by atoms with van der Waals surface area (Å²) in [5, 5.41) is 11.0. The average molecular weight is 575 g/mol. The molecule has 40 heavy (non-hydrogen) atoms. The van der Waals surface area contributed by atoms with Crippen molar-refractivity contribution in [3.63, 3.8) is 0 Å². The summed E-state index contributed by atoms with van der Waals surface area (Å²) in [5.74, 6) is 0.682. The highest BCUT2D eigenvalue weighted by atomic mass is 35.5. The van der Waals surface area contributed by atoms with Gasteiger partial charge >= 0.3 is 5.97 Å². The first-order valence-corrected chi connectivity index (χ1v) is 14.6. The molecule has 1 heterocycles. The lowest BCUT2D eigenvalue weighted by atomic mass is 9.92. The molecular formula is C32H31ClN2O4S. The molecule has 0 radical (unpaired) electrons. The molecule has 0 fully saturated rings. The molecule has 0 bridgehead atoms. The van der Waals surface area contributed by atoms with Crippen molar-refractivity contribution < 1.29 is 19.4 Å². The van der Waals surface area contributed by atoms with Gasteiger partial charge in [0.2, 0.25) is 0 Å². The Kier molecular flexibility index (Phi) is 8.62. The molecule has 0 spiro atoms. The van der Waals surface area contributed by atoms with Crippen LogP contribution in [0.2, 0.25) is 5.02 Å². The minimum absolute atomic E-state index is 0.0125. The lowest BCUT2D eigenvalue weighted by molar-refractivity contribution is -0.136. The van der Waals surface area contributed by atoms with Gasteiger partial charge in [-0.2, -0.15) is 11.8 Å². The maximum Gasteiger partial charge on any atom is 0.304 e. The lowest BCUT2D eigenvalue weighted by Gasteiger charge is -2.22. The number of ether oxygens (including phenoxy) is 1. The molecule has 2 unspecified atom stereocenters. The van der Waals surface area contributed by atoms with Gasteiger partial charge in [-0.05, 0) is 71.8 Å². The molecule has 1 aliphatic carbocycles. The average Bonchev–Trinajstić information content (AvgIpc) is 3.27. The second kappa shape index (κ2) is 12.3. The first kappa shape index (κ1) is 28.0. The fraction of sp³-hybridized carbons (Fsp3) is 0.281. The molecule has 5 rings (SSSR count). The number of nitrogens with zero attached hydrogens (tertiary/aromatic N) is 2. The fourth-order valence-corrected chi connectivity index (χ4v) is 6.81. The number of amides is 1. The van der Waals surface area contributed by atoms with Gasteiger partial charge in [0.05, 0.1) is 17.6 Å². The first-order chi connectivity index (χ1) is 19.3. The number of hydrogen-bond donors (Lipinski definition) is 1. The number of carboxylic acid groups (broad SMARTS) is 1. The van der Waals surface area contributed by atoms with Crippen LogP contribution in [0.25, 0.3) is 10.9 Å². The van der Waals surface area contributed by atoms with Crippen LogP contribution in [0.4, 0.5) is 0 Å². The topological polar surface area (TPSA) is 79.7 Å². The Hall–Kier alpha value is -3.55. The van der Waals surface area contributed by atoms with Crippen molar-refractivity contribution in [2.75, 3.05) is 19.8 Å². The Bertz CT molecular complexity index is 1560. The third kappa shape index (κ3) is 6.43. The molecule has 206 valence electrons. The summed E-state index contributed by atoms with van der Waals surface area (Å²) in [6.07, 6.45) is 1.69. The quantitative estimate of drug-likeness (QED) is 0.223. The van der Waals surface area contributed by atoms with Crippen LogP contribution in [0, 0.1) is 5.92 Å². The Balaban J connectivity index is 1.36. The number of rotatable bonds is 10. The molecule has 0 saturated heterocycles. The van der Waals surface area contributed by atoms with E-state index >= 15 is 0 Å². The Morgan fingerprint density at radius 1 is 1.07 bits per heavy atom. The largest absolute Gasteiger partial charge is 0.487 e. The van der Waals surface area contributed by atoms with Crippen molar-refractivity contribution in [2.45, 2.75) is 31.1 Å². The first-order valence-electron chi connectivity index (χ1n) is 13.2. The van der Waals surface area contributed by atoms with Gasteiger partial charge in [-0.3, -0.25) is 9.59 Å². The summed E-state index contributed by atoms with van der Waals surface area (Å²) in [7, 11) is 3.53. The van der Waals surface area contributed by atoms with E-state index in [1.165, 1.54) is 11.1 Å². The molecule has 0 saturated carbocycles. The number of fused-ring (bicyclic) bond motifs is 2. The standard InChI is InChI=1S/C32H31ClN2O4S/c1-35(2)32(38)27-6-4-3-5-21(27)15-23-16-22-9-12-26(18-28(22)31(23)40-14-13-30(36)37)39-19-25-11-8-20-7-10-24(33)17-29(20)34-25/h3-12,17-18,23,31H,13-16,19H2,1-2H3,(H,36,37). The smallest absolute Gasteiger partial charge is 0.304 e. The van der Waals surface area contributed by atoms with Crippen molar-refractivity contribution in [2.24, 2.45) is 5.92 Å². The molecule has 1 aliphatic rings. The van der Waals surface area contributed by atoms with E-state index in [4.69, 9.17) is 16.3 Å². The van der Waals surface area contributed by atoms with Crippen LogP contribution in [0.15, 0.2) is 72.8 Å². The number of halogens is 1. The summed E-state index contributed by atoms with van der Waals surface area (Å²) < 4.78 is 6.17. The van der Waals surface area contributed by atoms with Crippen molar-refractivity contribution in [3.8, 4) is 5.75 Å². The molecule has 1 N–H and O–H groups in total. The van der Waals surface area contributed by atoms with Crippen LogP contribution in [0.5, 0.6) is 5.75 Å². The van der Waals surface area contributed by atoms with E-state index in [2.05, 4.69) is 17.1 Å². The number of thioether (sulfide) groups is 1. The number of carboxylic acids is 1. The van der Waals surface area contributed by atoms with Gasteiger partial charge in [0.15, 0.2) is 0 Å². The van der Waals surface area contributed by atoms with Crippen molar-refractivity contribution in [1.29, 1.82) is 0 Å². The molecular weight excluding hydrogens is 544 g/mol. The monoisotopic (exact) mass is 574 g/mol. The highest BCUT2D eigenvalue weighted by Gasteiger charge is 2.34. The van der Waals surface area contributed by atoms with Gasteiger partial charge in [-0.15, -0.1) is 0 Å². The fourth-order valence-electron chi connectivity index (χ4n) is 5.24. The molecule has 3 aromatic carbocycles. The molecule has 4 aromatic rings. The Labute approximate surface area is 243 Å². The van der Waals surface area contributed by atoms with Gasteiger partial charge in [-0.1, -0.05) is 48.0 Å². The number of benzene rings is 3. The van der Waals surface area contributed by atoms with E-state index in [9.17, 15) is 14.7 Å². The summed E-state index contributed by atoms with van der Waals surface area (Å²) >= 11 is 7.81. The zero-order valence-electron chi connectivity index (χ0n) is 22.5. The Morgan fingerprint density at radius 3 is 2.67 bits per heavy atom. The number of carbonyl (C=O) groups is 2. The minimum Gasteiger partial charge on any atom is -0.487 e. The third-order valence-corrected chi connectivity index (χ3v) is 8.85. The molecule has 6 nitrogen and oxygen atoms in total. The summed E-state index contributed by atoms with van der Waals surface area (Å²) in [6.45, 7) is 0.321. The van der Waals surface area contributed by atoms with Gasteiger partial charge in [0, 0.05) is 41.1 Å². The van der Waals surface area contributed by atoms with Crippen molar-refractivity contribution in [1.82, 2.24) is 9.88 Å². The van der Waals surface area contributed by atoms with E-state index < -0.39 is 5.97 Å². The summed E-state index contributed by atoms with van der Waals surface area (Å²) in [5.41, 5.74) is 5.77. The second-order valence-electron chi connectivity index (χ2n) is 10.2. The van der Waals surface area contributed by atoms with Crippen molar-refractivity contribution >= 4 is 46.1 Å². The van der Waals surface area contributed by atoms with E-state index in [0.717, 1.165) is 40.8 Å². The SMILES string of the molecule is CN(C)C(=O)c1ccccc1CC1Cc2ccc(OCc3ccc4ccc(Cl)cc4n3)cc2C1SCCC(=O)O. The number of hydrogen-bond acceptors (Lipinski definition) is 5. The number of pyridine rings is 1. The van der Waals surface area contributed by atoms with E-state index in [1.807, 2.05) is 60.7 Å². The zero-order chi connectivity index (χ0) is 28.2. The molecule has 2 atom stereocenters. The highest BCUT2D eigenvalue weighted by Crippen LogP contribution is 2.48. The normalized spacial score (nSPS) is 16.1. The highest BCUT2D eigenvalue weighted by molar-refractivity contribution is 7.99. The lowest BCUT2D eigenvalue weighted by Crippen LogP contribution is -2.23. The third-order valence-electron chi connectivity index (χ3n) is 7.18. The summed E-state index contributed by atoms with van der Waals surface area (Å²) in [6, 6.07) is 23.6. The van der Waals surface area contributed by atoms with Crippen molar-refractivity contribution in [3.05, 3.63) is 106 Å². The maximum atomic E-state index is 12.8. The van der Waals surface area contributed by atoms with Crippen LogP contribution in [0.1, 0.15) is 44.4 Å². The molecule has 8 heteroatoms. The predicted octanol–water partition coefficient (Wildman–Crippen LogP) is 6.83. The van der Waals surface area contributed by atoms with E-state index in [1.54, 1.807) is 30.8 Å². The zero-order valence-corrected chi connectivity index (χ0v) is 24.0. The van der Waals surface area contributed by atoms with Gasteiger partial charge in [0.25, 0.3) is 5.91 Å². The second-order valence-corrected chi connectivity index (χ2v) is 11.9. The molecule has 1 aromatic heterocycles. The van der Waals surface area contributed by atoms with Crippen LogP contribution >= 0.6 is 23.4 Å². The van der Waals surface area contributed by atoms with E-state index in [0.29, 0.717) is 22.9 Å². The molecule has 1 amide bonds. The maximum absolute atomic E-state index is 12.8. The van der Waals surface area contributed by atoms with Gasteiger partial charge in [0.1, 0.15) is 12.4 Å².